The number of methoxy groups -OCH3 is 1. The number of carbonyl (C=O) groups excluding carboxylic acids is 2. The zero-order valence-electron chi connectivity index (χ0n) is 12.5. The summed E-state index contributed by atoms with van der Waals surface area (Å²) in [5.74, 6) is -1.76. The van der Waals surface area contributed by atoms with Crippen LogP contribution in [0, 0.1) is 10.1 Å². The van der Waals surface area contributed by atoms with Gasteiger partial charge in [0.2, 0.25) is 6.10 Å². The average Bonchev–Trinajstić information content (AvgIpc) is 2.59. The molecule has 2 aromatic carbocycles. The second kappa shape index (κ2) is 7.23. The molecule has 1 unspecified atom stereocenters. The summed E-state index contributed by atoms with van der Waals surface area (Å²) in [6, 6.07) is 10.4. The molecule has 2 rings (SSSR count). The van der Waals surface area contributed by atoms with Gasteiger partial charge in [0.1, 0.15) is 5.75 Å². The molecule has 24 heavy (non-hydrogen) atoms. The maximum absolute atomic E-state index is 12.2. The van der Waals surface area contributed by atoms with Gasteiger partial charge in [0.05, 0.1) is 17.6 Å². The third kappa shape index (κ3) is 3.86. The van der Waals surface area contributed by atoms with Crippen LogP contribution in [0.15, 0.2) is 48.5 Å². The number of non-ortho nitro benzene ring substituents is 1. The van der Waals surface area contributed by atoms with Crippen molar-refractivity contribution in [2.24, 2.45) is 0 Å². The minimum Gasteiger partial charge on any atom is -0.508 e. The third-order valence-electron chi connectivity index (χ3n) is 3.13. The molecule has 0 aliphatic heterocycles. The van der Waals surface area contributed by atoms with Crippen LogP contribution in [0.4, 0.5) is 5.69 Å². The Bertz CT molecular complexity index is 770. The molecule has 0 saturated heterocycles. The van der Waals surface area contributed by atoms with E-state index in [0.717, 1.165) is 13.2 Å². The molecule has 8 heteroatoms. The molecule has 124 valence electrons. The largest absolute Gasteiger partial charge is 0.508 e. The van der Waals surface area contributed by atoms with Crippen LogP contribution in [0.1, 0.15) is 22.0 Å². The first-order chi connectivity index (χ1) is 11.4. The number of rotatable bonds is 5. The molecule has 0 aliphatic rings. The van der Waals surface area contributed by atoms with E-state index in [-0.39, 0.29) is 17.0 Å². The Balaban J connectivity index is 2.27. The molecule has 0 amide bonds. The SMILES string of the molecule is COC(=O)C(OC(=O)c1cccc([N+](=O)[O-])c1)c1ccc(O)cc1. The van der Waals surface area contributed by atoms with Gasteiger partial charge < -0.3 is 14.6 Å². The number of nitro groups is 1. The molecule has 1 atom stereocenters. The first-order valence-electron chi connectivity index (χ1n) is 6.74. The van der Waals surface area contributed by atoms with E-state index in [1.165, 1.54) is 42.5 Å². The van der Waals surface area contributed by atoms with Crippen molar-refractivity contribution in [3.63, 3.8) is 0 Å². The lowest BCUT2D eigenvalue weighted by Crippen LogP contribution is -2.21. The summed E-state index contributed by atoms with van der Waals surface area (Å²) in [6.07, 6.45) is -1.36. The summed E-state index contributed by atoms with van der Waals surface area (Å²) >= 11 is 0. The summed E-state index contributed by atoms with van der Waals surface area (Å²) in [5, 5.41) is 20.1. The van der Waals surface area contributed by atoms with Gasteiger partial charge in [-0.1, -0.05) is 18.2 Å². The number of benzene rings is 2. The number of hydrogen-bond acceptors (Lipinski definition) is 7. The van der Waals surface area contributed by atoms with Crippen LogP contribution >= 0.6 is 0 Å². The molecule has 0 aliphatic carbocycles. The molecular formula is C16H13NO7. The molecule has 0 bridgehead atoms. The van der Waals surface area contributed by atoms with Crippen molar-refractivity contribution in [1.29, 1.82) is 0 Å². The van der Waals surface area contributed by atoms with E-state index in [0.29, 0.717) is 5.56 Å². The van der Waals surface area contributed by atoms with Crippen LogP contribution in [0.3, 0.4) is 0 Å². The van der Waals surface area contributed by atoms with Gasteiger partial charge >= 0.3 is 11.9 Å². The van der Waals surface area contributed by atoms with Gasteiger partial charge in [-0.15, -0.1) is 0 Å². The lowest BCUT2D eigenvalue weighted by molar-refractivity contribution is -0.384. The number of phenolic OH excluding ortho intramolecular Hbond substituents is 1. The van der Waals surface area contributed by atoms with Gasteiger partial charge in [0, 0.05) is 17.7 Å². The molecule has 0 radical (unpaired) electrons. The van der Waals surface area contributed by atoms with E-state index < -0.39 is 23.0 Å². The summed E-state index contributed by atoms with van der Waals surface area (Å²) < 4.78 is 9.74. The molecule has 0 spiro atoms. The molecule has 0 saturated carbocycles. The van der Waals surface area contributed by atoms with Crippen molar-refractivity contribution < 1.29 is 29.1 Å². The Morgan fingerprint density at radius 1 is 1.17 bits per heavy atom. The summed E-state index contributed by atoms with van der Waals surface area (Å²) in [7, 11) is 1.14. The highest BCUT2D eigenvalue weighted by Crippen LogP contribution is 2.24. The van der Waals surface area contributed by atoms with Gasteiger partial charge in [0.15, 0.2) is 0 Å². The number of esters is 2. The number of phenols is 1. The molecule has 0 fully saturated rings. The molecule has 0 heterocycles. The number of ether oxygens (including phenoxy) is 2. The highest BCUT2D eigenvalue weighted by molar-refractivity contribution is 5.92. The number of nitrogens with zero attached hydrogens (tertiary/aromatic N) is 1. The van der Waals surface area contributed by atoms with E-state index in [4.69, 9.17) is 4.74 Å². The minimum absolute atomic E-state index is 0.0209. The Kier molecular flexibility index (Phi) is 5.10. The number of aromatic hydroxyl groups is 1. The van der Waals surface area contributed by atoms with Gasteiger partial charge in [-0.05, 0) is 18.2 Å². The predicted octanol–water partition coefficient (Wildman–Crippen LogP) is 2.37. The van der Waals surface area contributed by atoms with E-state index in [1.54, 1.807) is 0 Å². The highest BCUT2D eigenvalue weighted by atomic mass is 16.6. The van der Waals surface area contributed by atoms with Crippen LogP contribution in [0.2, 0.25) is 0 Å². The summed E-state index contributed by atoms with van der Waals surface area (Å²) in [4.78, 5) is 34.2. The fraction of sp³-hybridized carbons (Fsp3) is 0.125. The van der Waals surface area contributed by atoms with Crippen molar-refractivity contribution >= 4 is 17.6 Å². The topological polar surface area (TPSA) is 116 Å². The smallest absolute Gasteiger partial charge is 0.351 e. The van der Waals surface area contributed by atoms with Crippen LogP contribution in [-0.2, 0) is 14.3 Å². The van der Waals surface area contributed by atoms with Crippen LogP contribution in [-0.4, -0.2) is 29.1 Å². The molecule has 0 aromatic heterocycles. The van der Waals surface area contributed by atoms with Gasteiger partial charge in [-0.2, -0.15) is 0 Å². The van der Waals surface area contributed by atoms with Crippen molar-refractivity contribution in [2.45, 2.75) is 6.10 Å². The lowest BCUT2D eigenvalue weighted by Gasteiger charge is -2.16. The summed E-state index contributed by atoms with van der Waals surface area (Å²) in [6.45, 7) is 0. The fourth-order valence-corrected chi connectivity index (χ4v) is 1.93. The van der Waals surface area contributed by atoms with Gasteiger partial charge in [0.25, 0.3) is 5.69 Å². The van der Waals surface area contributed by atoms with Gasteiger partial charge in [-0.25, -0.2) is 9.59 Å². The van der Waals surface area contributed by atoms with E-state index in [1.807, 2.05) is 0 Å². The molecular weight excluding hydrogens is 318 g/mol. The zero-order chi connectivity index (χ0) is 17.7. The molecule has 1 N–H and O–H groups in total. The van der Waals surface area contributed by atoms with Crippen LogP contribution < -0.4 is 0 Å². The first-order valence-corrected chi connectivity index (χ1v) is 6.74. The Hall–Kier alpha value is -3.42. The lowest BCUT2D eigenvalue weighted by atomic mass is 10.1. The van der Waals surface area contributed by atoms with Gasteiger partial charge in [-0.3, -0.25) is 10.1 Å². The standard InChI is InChI=1S/C16H13NO7/c1-23-16(20)14(10-5-7-13(18)8-6-10)24-15(19)11-3-2-4-12(9-11)17(21)22/h2-9,14,18H,1H3. The first kappa shape index (κ1) is 16.9. The van der Waals surface area contributed by atoms with E-state index in [2.05, 4.69) is 4.74 Å². The normalized spacial score (nSPS) is 11.4. The average molecular weight is 331 g/mol. The Morgan fingerprint density at radius 2 is 1.83 bits per heavy atom. The second-order valence-corrected chi connectivity index (χ2v) is 4.71. The number of carbonyl (C=O) groups is 2. The predicted molar refractivity (Wildman–Crippen MR) is 81.4 cm³/mol. The van der Waals surface area contributed by atoms with E-state index >= 15 is 0 Å². The maximum Gasteiger partial charge on any atom is 0.351 e. The monoisotopic (exact) mass is 331 g/mol. The molecule has 2 aromatic rings. The Labute approximate surface area is 136 Å². The second-order valence-electron chi connectivity index (χ2n) is 4.71. The van der Waals surface area contributed by atoms with Crippen molar-refractivity contribution in [3.05, 3.63) is 69.8 Å². The van der Waals surface area contributed by atoms with Crippen molar-refractivity contribution in [2.75, 3.05) is 7.11 Å². The van der Waals surface area contributed by atoms with E-state index in [9.17, 15) is 24.8 Å². The molecule has 8 nitrogen and oxygen atoms in total. The number of hydrogen-bond donors (Lipinski definition) is 1. The van der Waals surface area contributed by atoms with Crippen LogP contribution in [0.25, 0.3) is 0 Å². The third-order valence-corrected chi connectivity index (χ3v) is 3.13. The summed E-state index contributed by atoms with van der Waals surface area (Å²) in [5.41, 5.74) is -0.0565. The maximum atomic E-state index is 12.2. The highest BCUT2D eigenvalue weighted by Gasteiger charge is 2.27. The Morgan fingerprint density at radius 3 is 2.42 bits per heavy atom. The zero-order valence-corrected chi connectivity index (χ0v) is 12.5. The number of nitro benzene ring substituents is 1. The van der Waals surface area contributed by atoms with Crippen LogP contribution in [0.5, 0.6) is 5.75 Å². The van der Waals surface area contributed by atoms with Crippen molar-refractivity contribution in [3.8, 4) is 5.75 Å². The fourth-order valence-electron chi connectivity index (χ4n) is 1.93. The van der Waals surface area contributed by atoms with Crippen molar-refractivity contribution in [1.82, 2.24) is 0 Å². The minimum atomic E-state index is -1.36. The quantitative estimate of drug-likeness (QED) is 0.508.